The third-order valence-electron chi connectivity index (χ3n) is 6.56. The minimum atomic E-state index is -0.530. The molecule has 0 radical (unpaired) electrons. The monoisotopic (exact) mass is 476 g/mol. The smallest absolute Gasteiger partial charge is 0.414 e. The van der Waals surface area contributed by atoms with Gasteiger partial charge in [-0.3, -0.25) is 9.91 Å². The van der Waals surface area contributed by atoms with Crippen LogP contribution in [-0.2, 0) is 9.53 Å². The number of nitrogens with one attached hydrogen (secondary N) is 1. The number of urea groups is 1. The van der Waals surface area contributed by atoms with Gasteiger partial charge in [0.2, 0.25) is 0 Å². The highest BCUT2D eigenvalue weighted by molar-refractivity contribution is 5.90. The first-order valence-corrected chi connectivity index (χ1v) is 11.8. The quantitative estimate of drug-likeness (QED) is 0.689. The van der Waals surface area contributed by atoms with Gasteiger partial charge in [-0.05, 0) is 38.6 Å². The molecule has 3 heterocycles. The van der Waals surface area contributed by atoms with Gasteiger partial charge in [0.15, 0.2) is 0 Å². The van der Waals surface area contributed by atoms with E-state index in [-0.39, 0.29) is 17.9 Å². The summed E-state index contributed by atoms with van der Waals surface area (Å²) in [4.78, 5) is 43.7. The zero-order valence-electron chi connectivity index (χ0n) is 19.8. The Hall–Kier alpha value is -2.92. The molecule has 0 bridgehead atoms. The first-order valence-electron chi connectivity index (χ1n) is 11.8. The number of likely N-dealkylation sites (N-methyl/N-ethyl adjacent to an activating group) is 1. The van der Waals surface area contributed by atoms with Crippen LogP contribution >= 0.6 is 0 Å². The van der Waals surface area contributed by atoms with Gasteiger partial charge < -0.3 is 24.2 Å². The number of ether oxygens (including phenoxy) is 1. The summed E-state index contributed by atoms with van der Waals surface area (Å²) < 4.78 is 20.4. The van der Waals surface area contributed by atoms with Crippen LogP contribution in [0.1, 0.15) is 19.8 Å². The maximum atomic E-state index is 15.1. The van der Waals surface area contributed by atoms with Crippen LogP contribution in [0, 0.1) is 5.82 Å². The van der Waals surface area contributed by atoms with Gasteiger partial charge in [-0.25, -0.2) is 19.4 Å². The number of carbonyl (C=O) groups is 3. The van der Waals surface area contributed by atoms with Crippen molar-refractivity contribution in [3.05, 3.63) is 24.0 Å². The predicted octanol–water partition coefficient (Wildman–Crippen LogP) is 1.51. The largest absolute Gasteiger partial charge is 0.444 e. The number of carbonyl (C=O) groups excluding carboxylic acids is 3. The lowest BCUT2D eigenvalue weighted by Crippen LogP contribution is -2.55. The van der Waals surface area contributed by atoms with Crippen molar-refractivity contribution in [2.75, 3.05) is 75.8 Å². The molecule has 1 aromatic rings. The Morgan fingerprint density at radius 3 is 2.59 bits per heavy atom. The number of ketones is 1. The molecule has 3 fully saturated rings. The zero-order valence-corrected chi connectivity index (χ0v) is 19.8. The summed E-state index contributed by atoms with van der Waals surface area (Å²) in [6.07, 6.45) is -0.101. The van der Waals surface area contributed by atoms with Gasteiger partial charge >= 0.3 is 12.1 Å². The van der Waals surface area contributed by atoms with Crippen molar-refractivity contribution >= 4 is 29.3 Å². The summed E-state index contributed by atoms with van der Waals surface area (Å²) in [7, 11) is 2.04. The molecule has 0 aromatic heterocycles. The molecule has 3 saturated heterocycles. The van der Waals surface area contributed by atoms with Gasteiger partial charge in [-0.1, -0.05) is 0 Å². The van der Waals surface area contributed by atoms with Crippen molar-refractivity contribution in [1.29, 1.82) is 0 Å². The lowest BCUT2D eigenvalue weighted by atomic mass is 10.1. The Morgan fingerprint density at radius 2 is 1.88 bits per heavy atom. The van der Waals surface area contributed by atoms with E-state index in [2.05, 4.69) is 10.3 Å². The molecule has 0 saturated carbocycles. The topological polar surface area (TPSA) is 88.7 Å². The first kappa shape index (κ1) is 24.2. The number of Topliss-reactive ketones (excluding diaryl/α,β-unsaturated/α-hetero) is 1. The molecule has 11 heteroatoms. The number of benzene rings is 1. The van der Waals surface area contributed by atoms with Crippen LogP contribution in [0.25, 0.3) is 0 Å². The summed E-state index contributed by atoms with van der Waals surface area (Å²) in [6.45, 7) is 6.87. The SMILES string of the molecule is CC(=O)CC[C@H]1CN(c2ccc(N3CCNN(C(=O)N4CCN(C)CC4)CC3)c(F)c2)C(=O)O1. The second-order valence-electron chi connectivity index (χ2n) is 9.11. The number of piperazine rings is 1. The average Bonchev–Trinajstić information content (AvgIpc) is 3.02. The van der Waals surface area contributed by atoms with Gasteiger partial charge in [0.1, 0.15) is 17.7 Å². The summed E-state index contributed by atoms with van der Waals surface area (Å²) in [5.74, 6) is -0.392. The average molecular weight is 477 g/mol. The van der Waals surface area contributed by atoms with Gasteiger partial charge in [0, 0.05) is 52.2 Å². The van der Waals surface area contributed by atoms with Crippen LogP contribution in [0.2, 0.25) is 0 Å². The minimum Gasteiger partial charge on any atom is -0.444 e. The summed E-state index contributed by atoms with van der Waals surface area (Å²) in [5, 5.41) is 1.62. The zero-order chi connectivity index (χ0) is 24.2. The fourth-order valence-electron chi connectivity index (χ4n) is 4.47. The van der Waals surface area contributed by atoms with Crippen molar-refractivity contribution < 1.29 is 23.5 Å². The van der Waals surface area contributed by atoms with E-state index in [1.165, 1.54) is 17.9 Å². The van der Waals surface area contributed by atoms with E-state index in [9.17, 15) is 14.4 Å². The number of hydrazine groups is 1. The van der Waals surface area contributed by atoms with E-state index >= 15 is 4.39 Å². The fraction of sp³-hybridized carbons (Fsp3) is 0.609. The minimum absolute atomic E-state index is 0.0423. The van der Waals surface area contributed by atoms with Gasteiger partial charge in [0.05, 0.1) is 24.5 Å². The number of nitrogens with zero attached hydrogens (tertiary/aromatic N) is 5. The molecule has 3 aliphatic heterocycles. The molecule has 0 spiro atoms. The van der Waals surface area contributed by atoms with E-state index in [1.807, 2.05) is 16.8 Å². The molecule has 186 valence electrons. The standard InChI is InChI=1S/C23H33FN6O4/c1-17(31)3-5-19-16-29(23(33)34-19)18-4-6-21(20(24)15-18)27-8-7-25-30(14-13-27)22(32)28-11-9-26(2)10-12-28/h4,6,15,19,25H,3,5,7-14,16H2,1-2H3/t19-/m0/s1. The third-order valence-corrected chi connectivity index (χ3v) is 6.56. The van der Waals surface area contributed by atoms with E-state index in [1.54, 1.807) is 17.1 Å². The number of halogens is 1. The Balaban J connectivity index is 1.36. The molecule has 1 aromatic carbocycles. The van der Waals surface area contributed by atoms with Crippen molar-refractivity contribution in [3.63, 3.8) is 0 Å². The molecule has 0 unspecified atom stereocenters. The summed E-state index contributed by atoms with van der Waals surface area (Å²) in [5.41, 5.74) is 4.02. The fourth-order valence-corrected chi connectivity index (χ4v) is 4.47. The molecule has 0 aliphatic carbocycles. The highest BCUT2D eigenvalue weighted by atomic mass is 19.1. The van der Waals surface area contributed by atoms with Crippen LogP contribution in [0.15, 0.2) is 18.2 Å². The van der Waals surface area contributed by atoms with E-state index < -0.39 is 11.9 Å². The molecular weight excluding hydrogens is 443 g/mol. The number of hydrogen-bond donors (Lipinski definition) is 1. The highest BCUT2D eigenvalue weighted by Gasteiger charge is 2.33. The Labute approximate surface area is 199 Å². The number of hydrogen-bond acceptors (Lipinski definition) is 7. The van der Waals surface area contributed by atoms with Crippen LogP contribution in [0.4, 0.5) is 25.4 Å². The van der Waals surface area contributed by atoms with Crippen LogP contribution in [0.5, 0.6) is 0 Å². The lowest BCUT2D eigenvalue weighted by Gasteiger charge is -2.35. The van der Waals surface area contributed by atoms with Gasteiger partial charge in [-0.2, -0.15) is 0 Å². The van der Waals surface area contributed by atoms with Crippen LogP contribution in [0.3, 0.4) is 0 Å². The highest BCUT2D eigenvalue weighted by Crippen LogP contribution is 2.29. The number of anilines is 2. The molecule has 1 N–H and O–H groups in total. The van der Waals surface area contributed by atoms with Crippen molar-refractivity contribution in [2.45, 2.75) is 25.9 Å². The van der Waals surface area contributed by atoms with Crippen molar-refractivity contribution in [3.8, 4) is 0 Å². The molecule has 10 nitrogen and oxygen atoms in total. The van der Waals surface area contributed by atoms with Gasteiger partial charge in [0.25, 0.3) is 0 Å². The number of rotatable bonds is 5. The van der Waals surface area contributed by atoms with Gasteiger partial charge in [-0.15, -0.1) is 0 Å². The first-order chi connectivity index (χ1) is 16.3. The third kappa shape index (κ3) is 5.58. The van der Waals surface area contributed by atoms with Crippen molar-refractivity contribution in [1.82, 2.24) is 20.2 Å². The van der Waals surface area contributed by atoms with E-state index in [4.69, 9.17) is 4.74 Å². The normalized spacial score (nSPS) is 22.1. The van der Waals surface area contributed by atoms with Crippen LogP contribution < -0.4 is 15.2 Å². The Bertz CT molecular complexity index is 923. The second kappa shape index (κ2) is 10.6. The second-order valence-corrected chi connectivity index (χ2v) is 9.11. The van der Waals surface area contributed by atoms with E-state index in [0.29, 0.717) is 70.0 Å². The summed E-state index contributed by atoms with van der Waals surface area (Å²) >= 11 is 0. The van der Waals surface area contributed by atoms with Crippen LogP contribution in [-0.4, -0.2) is 105 Å². The molecule has 34 heavy (non-hydrogen) atoms. The maximum absolute atomic E-state index is 15.1. The number of amides is 3. The summed E-state index contributed by atoms with van der Waals surface area (Å²) in [6, 6.07) is 4.67. The molecule has 1 atom stereocenters. The Kier molecular flexibility index (Phi) is 7.52. The lowest BCUT2D eigenvalue weighted by molar-refractivity contribution is -0.117. The molecule has 4 rings (SSSR count). The molecule has 3 amide bonds. The number of cyclic esters (lactones) is 1. The Morgan fingerprint density at radius 1 is 1.12 bits per heavy atom. The maximum Gasteiger partial charge on any atom is 0.414 e. The van der Waals surface area contributed by atoms with E-state index in [0.717, 1.165) is 13.1 Å². The predicted molar refractivity (Wildman–Crippen MR) is 125 cm³/mol. The molecule has 3 aliphatic rings. The van der Waals surface area contributed by atoms with Crippen molar-refractivity contribution in [2.24, 2.45) is 0 Å². The molecular formula is C23H33FN6O4.